The molecule has 0 aromatic carbocycles. The molecule has 0 saturated heterocycles. The molecule has 0 radical (unpaired) electrons. The Hall–Kier alpha value is -0.450. The van der Waals surface area contributed by atoms with Gasteiger partial charge in [-0.25, -0.2) is 0 Å². The maximum atomic E-state index is 9.85. The van der Waals surface area contributed by atoms with Crippen LogP contribution in [0, 0.1) is 0 Å². The van der Waals surface area contributed by atoms with E-state index in [1.165, 1.54) is 0 Å². The number of methoxy groups -OCH3 is 1. The van der Waals surface area contributed by atoms with Gasteiger partial charge < -0.3 is 19.7 Å². The van der Waals surface area contributed by atoms with Crippen LogP contribution in [0.4, 0.5) is 0 Å². The summed E-state index contributed by atoms with van der Waals surface area (Å²) in [4.78, 5) is 12.0. The highest BCUT2D eigenvalue weighted by atomic mass is 16.5. The van der Waals surface area contributed by atoms with Gasteiger partial charge in [-0.1, -0.05) is 0 Å². The van der Waals surface area contributed by atoms with E-state index < -0.39 is 0 Å². The number of ether oxygens (including phenoxy) is 1. The van der Waals surface area contributed by atoms with Crippen LogP contribution in [0.1, 0.15) is 27.2 Å². The zero-order chi connectivity index (χ0) is 13.0. The van der Waals surface area contributed by atoms with Crippen molar-refractivity contribution in [2.75, 3.05) is 40.8 Å². The van der Waals surface area contributed by atoms with E-state index in [-0.39, 0.29) is 5.60 Å². The van der Waals surface area contributed by atoms with Gasteiger partial charge in [0.2, 0.25) is 0 Å². The molecule has 16 heavy (non-hydrogen) atoms. The Kier molecular flexibility index (Phi) is 12.4. The molecule has 0 spiro atoms. The number of carbonyl (C=O) groups is 1. The van der Waals surface area contributed by atoms with Crippen molar-refractivity contribution in [1.29, 1.82) is 0 Å². The average molecular weight is 232 g/mol. The van der Waals surface area contributed by atoms with Gasteiger partial charge in [-0.2, -0.15) is 0 Å². The first-order chi connectivity index (χ1) is 7.33. The highest BCUT2D eigenvalue weighted by Gasteiger charge is 2.04. The van der Waals surface area contributed by atoms with Crippen LogP contribution in [-0.4, -0.2) is 57.6 Å². The molecule has 0 aromatic heterocycles. The molecular weight excluding hydrogens is 204 g/mol. The molecular formula is C12H28N2O2. The molecule has 0 rings (SSSR count). The van der Waals surface area contributed by atoms with E-state index in [1.54, 1.807) is 7.11 Å². The summed E-state index contributed by atoms with van der Waals surface area (Å²) in [5.74, 6) is 0. The lowest BCUT2D eigenvalue weighted by atomic mass is 10.2. The third kappa shape index (κ3) is 23.4. The van der Waals surface area contributed by atoms with Crippen LogP contribution in [0.25, 0.3) is 0 Å². The highest BCUT2D eigenvalue weighted by molar-refractivity contribution is 5.49. The molecule has 1 N–H and O–H groups in total. The Morgan fingerprint density at radius 3 is 2.06 bits per heavy atom. The number of carbonyl (C=O) groups excluding carboxylic acids is 1. The van der Waals surface area contributed by atoms with E-state index in [2.05, 4.69) is 10.2 Å². The van der Waals surface area contributed by atoms with Crippen molar-refractivity contribution in [2.45, 2.75) is 32.8 Å². The lowest BCUT2D eigenvalue weighted by Gasteiger charge is -2.14. The Labute approximate surface area is 100 Å². The fourth-order valence-electron chi connectivity index (χ4n) is 0.589. The molecule has 0 fully saturated rings. The molecule has 0 bridgehead atoms. The van der Waals surface area contributed by atoms with Crippen molar-refractivity contribution < 1.29 is 9.53 Å². The first-order valence-corrected chi connectivity index (χ1v) is 5.67. The highest BCUT2D eigenvalue weighted by Crippen LogP contribution is 2.02. The summed E-state index contributed by atoms with van der Waals surface area (Å²) in [6, 6.07) is 0. The minimum Gasteiger partial charge on any atom is -0.379 e. The van der Waals surface area contributed by atoms with Gasteiger partial charge in [0.25, 0.3) is 0 Å². The number of rotatable bonds is 6. The summed E-state index contributed by atoms with van der Waals surface area (Å²) in [5, 5.41) is 3.14. The van der Waals surface area contributed by atoms with Crippen molar-refractivity contribution in [3.8, 4) is 0 Å². The standard InChI is InChI=1S/C7H16N2O.C5H12O/c1-9(2)6-5-8-4-3-7-10;1-5(2,3)6-4/h7-8H,3-6H2,1-2H3;1-4H3. The maximum Gasteiger partial charge on any atom is 0.121 e. The van der Waals surface area contributed by atoms with Gasteiger partial charge in [0.05, 0.1) is 5.60 Å². The topological polar surface area (TPSA) is 41.6 Å². The second-order valence-electron chi connectivity index (χ2n) is 4.83. The zero-order valence-electron chi connectivity index (χ0n) is 11.7. The van der Waals surface area contributed by atoms with Gasteiger partial charge in [-0.3, -0.25) is 0 Å². The van der Waals surface area contributed by atoms with Gasteiger partial charge in [0, 0.05) is 33.2 Å². The second-order valence-corrected chi connectivity index (χ2v) is 4.83. The first kappa shape index (κ1) is 17.9. The third-order valence-electron chi connectivity index (χ3n) is 1.79. The van der Waals surface area contributed by atoms with Gasteiger partial charge in [-0.05, 0) is 34.9 Å². The largest absolute Gasteiger partial charge is 0.379 e. The van der Waals surface area contributed by atoms with Crippen LogP contribution in [0.2, 0.25) is 0 Å². The van der Waals surface area contributed by atoms with Crippen molar-refractivity contribution in [3.63, 3.8) is 0 Å². The number of likely N-dealkylation sites (N-methyl/N-ethyl adjacent to an activating group) is 1. The van der Waals surface area contributed by atoms with Crippen molar-refractivity contribution >= 4 is 6.29 Å². The number of hydrogen-bond donors (Lipinski definition) is 1. The number of aldehydes is 1. The van der Waals surface area contributed by atoms with Crippen LogP contribution >= 0.6 is 0 Å². The average Bonchev–Trinajstić information content (AvgIpc) is 2.17. The van der Waals surface area contributed by atoms with Gasteiger partial charge >= 0.3 is 0 Å². The Bertz CT molecular complexity index is 154. The fraction of sp³-hybridized carbons (Fsp3) is 0.917. The molecule has 0 aliphatic rings. The van der Waals surface area contributed by atoms with Crippen LogP contribution in [0.15, 0.2) is 0 Å². The summed E-state index contributed by atoms with van der Waals surface area (Å²) in [7, 11) is 5.77. The number of nitrogens with one attached hydrogen (secondary N) is 1. The molecule has 0 atom stereocenters. The molecule has 0 unspecified atom stereocenters. The molecule has 0 aromatic rings. The smallest absolute Gasteiger partial charge is 0.121 e. The molecule has 4 nitrogen and oxygen atoms in total. The van der Waals surface area contributed by atoms with Crippen molar-refractivity contribution in [3.05, 3.63) is 0 Å². The second kappa shape index (κ2) is 11.0. The van der Waals surface area contributed by atoms with Crippen molar-refractivity contribution in [1.82, 2.24) is 10.2 Å². The van der Waals surface area contributed by atoms with Crippen LogP contribution < -0.4 is 5.32 Å². The van der Waals surface area contributed by atoms with Gasteiger partial charge in [0.1, 0.15) is 6.29 Å². The number of hydrogen-bond acceptors (Lipinski definition) is 4. The molecule has 0 saturated carbocycles. The van der Waals surface area contributed by atoms with Crippen molar-refractivity contribution in [2.24, 2.45) is 0 Å². The lowest BCUT2D eigenvalue weighted by Crippen LogP contribution is -2.27. The molecule has 0 aliphatic carbocycles. The van der Waals surface area contributed by atoms with E-state index in [0.29, 0.717) is 6.42 Å². The summed E-state index contributed by atoms with van der Waals surface area (Å²) >= 11 is 0. The summed E-state index contributed by atoms with van der Waals surface area (Å²) < 4.78 is 4.94. The van der Waals surface area contributed by atoms with E-state index in [1.807, 2.05) is 34.9 Å². The molecule has 0 heterocycles. The monoisotopic (exact) mass is 232 g/mol. The van der Waals surface area contributed by atoms with Gasteiger partial charge in [-0.15, -0.1) is 0 Å². The molecule has 98 valence electrons. The van der Waals surface area contributed by atoms with E-state index >= 15 is 0 Å². The maximum absolute atomic E-state index is 9.85. The van der Waals surface area contributed by atoms with E-state index in [0.717, 1.165) is 25.9 Å². The van der Waals surface area contributed by atoms with Crippen LogP contribution in [0.5, 0.6) is 0 Å². The summed E-state index contributed by atoms with van der Waals surface area (Å²) in [5.41, 5.74) is 0.0417. The SMILES string of the molecule is CN(C)CCNCCC=O.COC(C)(C)C. The third-order valence-corrected chi connectivity index (χ3v) is 1.79. The molecule has 0 amide bonds. The minimum absolute atomic E-state index is 0.0417. The predicted octanol–water partition coefficient (Wildman–Crippen LogP) is 1.16. The van der Waals surface area contributed by atoms with Crippen LogP contribution in [0.3, 0.4) is 0 Å². The first-order valence-electron chi connectivity index (χ1n) is 5.67. The van der Waals surface area contributed by atoms with E-state index in [4.69, 9.17) is 4.74 Å². The quantitative estimate of drug-likeness (QED) is 0.551. The number of nitrogens with zero attached hydrogens (tertiary/aromatic N) is 1. The van der Waals surface area contributed by atoms with E-state index in [9.17, 15) is 4.79 Å². The zero-order valence-corrected chi connectivity index (χ0v) is 11.7. The molecule has 0 aliphatic heterocycles. The summed E-state index contributed by atoms with van der Waals surface area (Å²) in [6.07, 6.45) is 1.55. The fourth-order valence-corrected chi connectivity index (χ4v) is 0.589. The minimum atomic E-state index is 0.0417. The molecule has 4 heteroatoms. The normalized spacial score (nSPS) is 10.9. The lowest BCUT2D eigenvalue weighted by molar-refractivity contribution is -0.107. The predicted molar refractivity (Wildman–Crippen MR) is 68.9 cm³/mol. The Balaban J connectivity index is 0. The van der Waals surface area contributed by atoms with Crippen LogP contribution in [-0.2, 0) is 9.53 Å². The Morgan fingerprint density at radius 1 is 1.25 bits per heavy atom. The Morgan fingerprint density at radius 2 is 1.75 bits per heavy atom. The summed E-state index contributed by atoms with van der Waals surface area (Å²) in [6.45, 7) is 8.85. The van der Waals surface area contributed by atoms with Gasteiger partial charge in [0.15, 0.2) is 0 Å².